The van der Waals surface area contributed by atoms with Crippen LogP contribution >= 0.6 is 15.9 Å². The summed E-state index contributed by atoms with van der Waals surface area (Å²) in [6.07, 6.45) is 0. The number of rotatable bonds is 0. The van der Waals surface area contributed by atoms with Crippen molar-refractivity contribution in [2.24, 2.45) is 0 Å². The van der Waals surface area contributed by atoms with E-state index in [0.29, 0.717) is 0 Å². The van der Waals surface area contributed by atoms with Crippen molar-refractivity contribution >= 4 is 26.7 Å². The standard InChI is InChI=1S/C12H11Br/c1-8-3-5-10-6-4-9(2)12(13)11(10)7-8/h3-7H,1-2H3. The Morgan fingerprint density at radius 2 is 1.69 bits per heavy atom. The number of benzene rings is 2. The molecule has 0 amide bonds. The average molecular weight is 235 g/mol. The normalized spacial score (nSPS) is 10.7. The first kappa shape index (κ1) is 8.76. The Bertz CT molecular complexity index is 453. The van der Waals surface area contributed by atoms with Gasteiger partial charge in [-0.15, -0.1) is 0 Å². The van der Waals surface area contributed by atoms with Crippen LogP contribution in [-0.4, -0.2) is 0 Å². The average Bonchev–Trinajstić information content (AvgIpc) is 2.12. The second-order valence-corrected chi connectivity index (χ2v) is 4.21. The molecule has 66 valence electrons. The Hall–Kier alpha value is -0.820. The van der Waals surface area contributed by atoms with Gasteiger partial charge in [0.1, 0.15) is 0 Å². The minimum Gasteiger partial charge on any atom is -0.0587 e. The number of hydrogen-bond donors (Lipinski definition) is 0. The molecule has 0 saturated heterocycles. The van der Waals surface area contributed by atoms with E-state index in [4.69, 9.17) is 0 Å². The Morgan fingerprint density at radius 3 is 2.46 bits per heavy atom. The van der Waals surface area contributed by atoms with Gasteiger partial charge in [-0.05, 0) is 46.1 Å². The van der Waals surface area contributed by atoms with Crippen molar-refractivity contribution in [2.45, 2.75) is 13.8 Å². The summed E-state index contributed by atoms with van der Waals surface area (Å²) in [4.78, 5) is 0. The minimum atomic E-state index is 1.22. The molecule has 0 aliphatic rings. The molecule has 0 bridgehead atoms. The maximum absolute atomic E-state index is 3.61. The fourth-order valence-corrected chi connectivity index (χ4v) is 1.98. The van der Waals surface area contributed by atoms with Gasteiger partial charge in [-0.2, -0.15) is 0 Å². The van der Waals surface area contributed by atoms with E-state index in [0.717, 1.165) is 0 Å². The highest BCUT2D eigenvalue weighted by atomic mass is 79.9. The molecule has 2 aromatic rings. The van der Waals surface area contributed by atoms with E-state index in [1.54, 1.807) is 0 Å². The van der Waals surface area contributed by atoms with Crippen molar-refractivity contribution < 1.29 is 0 Å². The summed E-state index contributed by atoms with van der Waals surface area (Å²) < 4.78 is 1.22. The molecular weight excluding hydrogens is 224 g/mol. The molecule has 0 unspecified atom stereocenters. The number of aryl methyl sites for hydroxylation is 2. The number of halogens is 1. The molecule has 0 atom stereocenters. The zero-order valence-corrected chi connectivity index (χ0v) is 9.35. The lowest BCUT2D eigenvalue weighted by Crippen LogP contribution is -1.80. The largest absolute Gasteiger partial charge is 0.0587 e. The van der Waals surface area contributed by atoms with Gasteiger partial charge in [0.15, 0.2) is 0 Å². The summed E-state index contributed by atoms with van der Waals surface area (Å²) in [7, 11) is 0. The smallest absolute Gasteiger partial charge is 0.0283 e. The Morgan fingerprint density at radius 1 is 1.00 bits per heavy atom. The first-order valence-corrected chi connectivity index (χ1v) is 5.13. The third kappa shape index (κ3) is 1.49. The van der Waals surface area contributed by atoms with Gasteiger partial charge >= 0.3 is 0 Å². The third-order valence-corrected chi connectivity index (χ3v) is 3.36. The van der Waals surface area contributed by atoms with Crippen LogP contribution in [0.1, 0.15) is 11.1 Å². The van der Waals surface area contributed by atoms with Gasteiger partial charge in [-0.25, -0.2) is 0 Å². The van der Waals surface area contributed by atoms with Gasteiger partial charge in [-0.1, -0.05) is 35.9 Å². The summed E-state index contributed by atoms with van der Waals surface area (Å²) >= 11 is 3.61. The minimum absolute atomic E-state index is 1.22. The molecule has 0 nitrogen and oxygen atoms in total. The van der Waals surface area contributed by atoms with Gasteiger partial charge in [0.2, 0.25) is 0 Å². The van der Waals surface area contributed by atoms with Crippen LogP contribution in [0.25, 0.3) is 10.8 Å². The van der Waals surface area contributed by atoms with E-state index in [-0.39, 0.29) is 0 Å². The van der Waals surface area contributed by atoms with E-state index in [2.05, 4.69) is 60.1 Å². The van der Waals surface area contributed by atoms with Gasteiger partial charge in [0.05, 0.1) is 0 Å². The van der Waals surface area contributed by atoms with Crippen molar-refractivity contribution in [3.63, 3.8) is 0 Å². The number of fused-ring (bicyclic) bond motifs is 1. The van der Waals surface area contributed by atoms with Crippen LogP contribution in [-0.2, 0) is 0 Å². The van der Waals surface area contributed by atoms with Crippen LogP contribution in [0.2, 0.25) is 0 Å². The van der Waals surface area contributed by atoms with Crippen LogP contribution < -0.4 is 0 Å². The monoisotopic (exact) mass is 234 g/mol. The van der Waals surface area contributed by atoms with Crippen molar-refractivity contribution in [3.8, 4) is 0 Å². The highest BCUT2D eigenvalue weighted by molar-refractivity contribution is 9.10. The highest BCUT2D eigenvalue weighted by Crippen LogP contribution is 2.27. The lowest BCUT2D eigenvalue weighted by molar-refractivity contribution is 1.45. The first-order chi connectivity index (χ1) is 6.18. The van der Waals surface area contributed by atoms with E-state index in [9.17, 15) is 0 Å². The second-order valence-electron chi connectivity index (χ2n) is 3.42. The molecule has 0 aliphatic carbocycles. The predicted octanol–water partition coefficient (Wildman–Crippen LogP) is 4.22. The van der Waals surface area contributed by atoms with E-state index < -0.39 is 0 Å². The molecule has 0 saturated carbocycles. The lowest BCUT2D eigenvalue weighted by Gasteiger charge is -2.04. The molecule has 0 aromatic heterocycles. The third-order valence-electron chi connectivity index (χ3n) is 2.30. The molecule has 13 heavy (non-hydrogen) atoms. The topological polar surface area (TPSA) is 0 Å². The van der Waals surface area contributed by atoms with Crippen molar-refractivity contribution in [3.05, 3.63) is 45.9 Å². The molecular formula is C12H11Br. The Labute approximate surface area is 86.7 Å². The maximum Gasteiger partial charge on any atom is 0.0283 e. The molecule has 0 N–H and O–H groups in total. The van der Waals surface area contributed by atoms with Crippen LogP contribution in [0.5, 0.6) is 0 Å². The SMILES string of the molecule is Cc1ccc2ccc(C)c(Br)c2c1. The summed E-state index contributed by atoms with van der Waals surface area (Å²) in [6, 6.07) is 10.8. The zero-order valence-electron chi connectivity index (χ0n) is 7.76. The molecule has 0 aliphatic heterocycles. The fraction of sp³-hybridized carbons (Fsp3) is 0.167. The van der Waals surface area contributed by atoms with Crippen LogP contribution in [0, 0.1) is 13.8 Å². The summed E-state index contributed by atoms with van der Waals surface area (Å²) in [5.74, 6) is 0. The van der Waals surface area contributed by atoms with Crippen LogP contribution in [0.15, 0.2) is 34.8 Å². The van der Waals surface area contributed by atoms with E-state index >= 15 is 0 Å². The van der Waals surface area contributed by atoms with Gasteiger partial charge in [0, 0.05) is 4.47 Å². The lowest BCUT2D eigenvalue weighted by atomic mass is 10.1. The fourth-order valence-electron chi connectivity index (χ4n) is 1.51. The van der Waals surface area contributed by atoms with Crippen LogP contribution in [0.4, 0.5) is 0 Å². The van der Waals surface area contributed by atoms with Gasteiger partial charge in [0.25, 0.3) is 0 Å². The van der Waals surface area contributed by atoms with Crippen LogP contribution in [0.3, 0.4) is 0 Å². The summed E-state index contributed by atoms with van der Waals surface area (Å²) in [5.41, 5.74) is 2.59. The van der Waals surface area contributed by atoms with Crippen molar-refractivity contribution in [1.82, 2.24) is 0 Å². The maximum atomic E-state index is 3.61. The van der Waals surface area contributed by atoms with E-state index in [1.807, 2.05) is 0 Å². The highest BCUT2D eigenvalue weighted by Gasteiger charge is 2.00. The second kappa shape index (κ2) is 3.15. The predicted molar refractivity (Wildman–Crippen MR) is 61.1 cm³/mol. The summed E-state index contributed by atoms with van der Waals surface area (Å²) in [6.45, 7) is 4.24. The van der Waals surface area contributed by atoms with Gasteiger partial charge in [-0.3, -0.25) is 0 Å². The molecule has 0 radical (unpaired) electrons. The zero-order chi connectivity index (χ0) is 9.42. The summed E-state index contributed by atoms with van der Waals surface area (Å²) in [5, 5.41) is 2.60. The van der Waals surface area contributed by atoms with Gasteiger partial charge < -0.3 is 0 Å². The molecule has 0 fully saturated rings. The van der Waals surface area contributed by atoms with Crippen molar-refractivity contribution in [2.75, 3.05) is 0 Å². The molecule has 0 heterocycles. The van der Waals surface area contributed by atoms with E-state index in [1.165, 1.54) is 26.4 Å². The molecule has 0 spiro atoms. The quantitative estimate of drug-likeness (QED) is 0.641. The molecule has 1 heteroatoms. The van der Waals surface area contributed by atoms with Crippen molar-refractivity contribution in [1.29, 1.82) is 0 Å². The molecule has 2 aromatic carbocycles. The molecule has 2 rings (SSSR count). The number of hydrogen-bond acceptors (Lipinski definition) is 0. The Balaban J connectivity index is 2.89. The Kier molecular flexibility index (Phi) is 2.12. The first-order valence-electron chi connectivity index (χ1n) is 4.34.